The fourth-order valence-electron chi connectivity index (χ4n) is 2.12. The summed E-state index contributed by atoms with van der Waals surface area (Å²) >= 11 is 0. The lowest BCUT2D eigenvalue weighted by molar-refractivity contribution is 1.11. The van der Waals surface area contributed by atoms with Gasteiger partial charge in [-0.2, -0.15) is 0 Å². The van der Waals surface area contributed by atoms with E-state index in [1.165, 1.54) is 0 Å². The van der Waals surface area contributed by atoms with Gasteiger partial charge < -0.3 is 5.32 Å². The van der Waals surface area contributed by atoms with Gasteiger partial charge in [0.25, 0.3) is 0 Å². The van der Waals surface area contributed by atoms with Crippen LogP contribution in [-0.4, -0.2) is 21.5 Å². The molecule has 0 fully saturated rings. The maximum atomic E-state index is 4.36. The van der Waals surface area contributed by atoms with E-state index in [-0.39, 0.29) is 0 Å². The molecule has 1 N–H and O–H groups in total. The predicted octanol–water partition coefficient (Wildman–Crippen LogP) is 3.12. The van der Waals surface area contributed by atoms with Gasteiger partial charge in [-0.15, -0.1) is 0 Å². The van der Waals surface area contributed by atoms with Crippen molar-refractivity contribution in [3.05, 3.63) is 49.1 Å². The lowest BCUT2D eigenvalue weighted by Gasteiger charge is -2.07. The molecule has 2 heterocycles. The molecule has 2 aromatic heterocycles. The summed E-state index contributed by atoms with van der Waals surface area (Å²) < 4.78 is 0. The van der Waals surface area contributed by atoms with E-state index in [0.29, 0.717) is 0 Å². The topological polar surface area (TPSA) is 50.7 Å². The summed E-state index contributed by atoms with van der Waals surface area (Å²) in [6.45, 7) is 2.89. The molecular formula is C15H14N4. The van der Waals surface area contributed by atoms with Gasteiger partial charge >= 0.3 is 0 Å². The second-order valence-corrected chi connectivity index (χ2v) is 4.22. The summed E-state index contributed by atoms with van der Waals surface area (Å²) in [5.41, 5.74) is 1.98. The monoisotopic (exact) mass is 250 g/mol. The van der Waals surface area contributed by atoms with Crippen molar-refractivity contribution in [3.63, 3.8) is 0 Å². The molecule has 19 heavy (non-hydrogen) atoms. The molecule has 0 atom stereocenters. The van der Waals surface area contributed by atoms with E-state index in [4.69, 9.17) is 0 Å². The van der Waals surface area contributed by atoms with Gasteiger partial charge in [0.15, 0.2) is 0 Å². The summed E-state index contributed by atoms with van der Waals surface area (Å²) in [6.07, 6.45) is 5.26. The molecule has 0 unspecified atom stereocenters. The van der Waals surface area contributed by atoms with Crippen molar-refractivity contribution in [1.82, 2.24) is 15.0 Å². The Morgan fingerprint density at radius 3 is 3.00 bits per heavy atom. The van der Waals surface area contributed by atoms with Crippen LogP contribution in [0.4, 0.5) is 5.82 Å². The van der Waals surface area contributed by atoms with E-state index in [9.17, 15) is 0 Å². The number of aromatic nitrogens is 3. The van der Waals surface area contributed by atoms with Gasteiger partial charge in [0.1, 0.15) is 12.1 Å². The molecular weight excluding hydrogens is 236 g/mol. The third kappa shape index (κ3) is 2.25. The normalized spacial score (nSPS) is 10.6. The Labute approximate surface area is 111 Å². The molecule has 0 aliphatic carbocycles. The Bertz CT molecular complexity index is 704. The fraction of sp³-hybridized carbons (Fsp3) is 0.133. The molecule has 0 bridgehead atoms. The fourth-order valence-corrected chi connectivity index (χ4v) is 2.12. The van der Waals surface area contributed by atoms with Crippen molar-refractivity contribution >= 4 is 16.6 Å². The molecule has 0 amide bonds. The van der Waals surface area contributed by atoms with Crippen LogP contribution in [0.1, 0.15) is 6.92 Å². The number of benzene rings is 1. The van der Waals surface area contributed by atoms with Crippen molar-refractivity contribution in [2.75, 3.05) is 11.9 Å². The van der Waals surface area contributed by atoms with Crippen LogP contribution in [0, 0.1) is 0 Å². The van der Waals surface area contributed by atoms with E-state index >= 15 is 0 Å². The molecule has 0 spiro atoms. The maximum absolute atomic E-state index is 4.36. The molecule has 3 aromatic rings. The summed E-state index contributed by atoms with van der Waals surface area (Å²) in [5, 5.41) is 5.46. The number of rotatable bonds is 3. The minimum absolute atomic E-state index is 0.841. The quantitative estimate of drug-likeness (QED) is 0.776. The lowest BCUT2D eigenvalue weighted by Crippen LogP contribution is -2.00. The molecule has 3 rings (SSSR count). The zero-order valence-corrected chi connectivity index (χ0v) is 10.7. The molecule has 0 aliphatic rings. The van der Waals surface area contributed by atoms with Crippen LogP contribution >= 0.6 is 0 Å². The lowest BCUT2D eigenvalue weighted by atomic mass is 10.0. The average molecular weight is 250 g/mol. The second-order valence-electron chi connectivity index (χ2n) is 4.22. The van der Waals surface area contributed by atoms with E-state index in [2.05, 4.69) is 32.4 Å². The highest BCUT2D eigenvalue weighted by molar-refractivity contribution is 5.95. The van der Waals surface area contributed by atoms with E-state index in [1.54, 1.807) is 12.5 Å². The number of nitrogens with one attached hydrogen (secondary N) is 1. The van der Waals surface area contributed by atoms with Crippen LogP contribution in [0.3, 0.4) is 0 Å². The molecule has 4 heteroatoms. The summed E-state index contributed by atoms with van der Waals surface area (Å²) in [5.74, 6) is 0.841. The molecule has 0 saturated heterocycles. The largest absolute Gasteiger partial charge is 0.370 e. The number of fused-ring (bicyclic) bond motifs is 1. The van der Waals surface area contributed by atoms with Gasteiger partial charge in [0, 0.05) is 36.0 Å². The van der Waals surface area contributed by atoms with Gasteiger partial charge in [-0.3, -0.25) is 4.98 Å². The minimum Gasteiger partial charge on any atom is -0.370 e. The number of anilines is 1. The molecule has 94 valence electrons. The standard InChI is InChI=1S/C15H14N4/c1-2-17-15-8-14(18-10-19-15)12-5-3-4-11-6-7-16-9-13(11)12/h3-10H,2H2,1H3,(H,17,18,19). The Balaban J connectivity index is 2.16. The van der Waals surface area contributed by atoms with Crippen LogP contribution in [0.25, 0.3) is 22.0 Å². The highest BCUT2D eigenvalue weighted by atomic mass is 15.0. The molecule has 4 nitrogen and oxygen atoms in total. The second kappa shape index (κ2) is 5.02. The highest BCUT2D eigenvalue weighted by Crippen LogP contribution is 2.27. The van der Waals surface area contributed by atoms with Gasteiger partial charge in [-0.25, -0.2) is 9.97 Å². The number of nitrogens with zero attached hydrogens (tertiary/aromatic N) is 3. The first kappa shape index (κ1) is 11.6. The van der Waals surface area contributed by atoms with Crippen molar-refractivity contribution in [2.24, 2.45) is 0 Å². The van der Waals surface area contributed by atoms with Gasteiger partial charge in [-0.1, -0.05) is 18.2 Å². The Hall–Kier alpha value is -2.49. The molecule has 0 aliphatic heterocycles. The zero-order valence-electron chi connectivity index (χ0n) is 10.7. The Morgan fingerprint density at radius 2 is 2.11 bits per heavy atom. The van der Waals surface area contributed by atoms with Crippen molar-refractivity contribution in [2.45, 2.75) is 6.92 Å². The first-order chi connectivity index (χ1) is 9.38. The van der Waals surface area contributed by atoms with Crippen LogP contribution in [0.15, 0.2) is 49.1 Å². The maximum Gasteiger partial charge on any atom is 0.129 e. The highest BCUT2D eigenvalue weighted by Gasteiger charge is 2.06. The molecule has 0 saturated carbocycles. The predicted molar refractivity (Wildman–Crippen MR) is 76.9 cm³/mol. The number of pyridine rings is 1. The molecule has 0 radical (unpaired) electrons. The van der Waals surface area contributed by atoms with Gasteiger partial charge in [-0.05, 0) is 18.4 Å². The Morgan fingerprint density at radius 1 is 1.16 bits per heavy atom. The zero-order chi connectivity index (χ0) is 13.1. The smallest absolute Gasteiger partial charge is 0.129 e. The van der Waals surface area contributed by atoms with Crippen molar-refractivity contribution in [3.8, 4) is 11.3 Å². The van der Waals surface area contributed by atoms with E-state index in [1.807, 2.05) is 31.3 Å². The number of hydrogen-bond donors (Lipinski definition) is 1. The third-order valence-corrected chi connectivity index (χ3v) is 2.98. The SMILES string of the molecule is CCNc1cc(-c2cccc3ccncc23)ncn1. The van der Waals surface area contributed by atoms with Gasteiger partial charge in [0.05, 0.1) is 5.69 Å². The van der Waals surface area contributed by atoms with Gasteiger partial charge in [0.2, 0.25) is 0 Å². The molecule has 1 aromatic carbocycles. The van der Waals surface area contributed by atoms with Crippen molar-refractivity contribution < 1.29 is 0 Å². The van der Waals surface area contributed by atoms with E-state index < -0.39 is 0 Å². The first-order valence-corrected chi connectivity index (χ1v) is 6.27. The van der Waals surface area contributed by atoms with Crippen LogP contribution < -0.4 is 5.32 Å². The first-order valence-electron chi connectivity index (χ1n) is 6.27. The van der Waals surface area contributed by atoms with Crippen molar-refractivity contribution in [1.29, 1.82) is 0 Å². The number of hydrogen-bond acceptors (Lipinski definition) is 4. The van der Waals surface area contributed by atoms with Crippen LogP contribution in [-0.2, 0) is 0 Å². The summed E-state index contributed by atoms with van der Waals surface area (Å²) in [4.78, 5) is 12.8. The summed E-state index contributed by atoms with van der Waals surface area (Å²) in [7, 11) is 0. The van der Waals surface area contributed by atoms with E-state index in [0.717, 1.165) is 34.4 Å². The third-order valence-electron chi connectivity index (χ3n) is 2.98. The Kier molecular flexibility index (Phi) is 3.06. The summed E-state index contributed by atoms with van der Waals surface area (Å²) in [6, 6.07) is 10.1. The average Bonchev–Trinajstić information content (AvgIpc) is 2.47. The van der Waals surface area contributed by atoms with Crippen LogP contribution in [0.2, 0.25) is 0 Å². The minimum atomic E-state index is 0.841. The van der Waals surface area contributed by atoms with Crippen LogP contribution in [0.5, 0.6) is 0 Å².